The first-order valence-electron chi connectivity index (χ1n) is 5.33. The number of benzene rings is 1. The van der Waals surface area contributed by atoms with Crippen LogP contribution in [-0.2, 0) is 11.9 Å². The van der Waals surface area contributed by atoms with Crippen LogP contribution in [0.4, 0.5) is 0 Å². The van der Waals surface area contributed by atoms with Crippen LogP contribution in [0.25, 0.3) is 10.9 Å². The zero-order valence-corrected chi connectivity index (χ0v) is 10.8. The van der Waals surface area contributed by atoms with Gasteiger partial charge in [0, 0.05) is 24.2 Å². The fraction of sp³-hybridized carbons (Fsp3) is 0.250. The van der Waals surface area contributed by atoms with Gasteiger partial charge in [0.15, 0.2) is 6.10 Å². The van der Waals surface area contributed by atoms with Crippen molar-refractivity contribution in [2.24, 2.45) is 12.2 Å². The highest BCUT2D eigenvalue weighted by Crippen LogP contribution is 2.23. The highest BCUT2D eigenvalue weighted by molar-refractivity contribution is 6.31. The number of fused-ring (bicyclic) bond motifs is 1. The van der Waals surface area contributed by atoms with E-state index in [1.54, 1.807) is 30.8 Å². The summed E-state index contributed by atoms with van der Waals surface area (Å²) in [5, 5.41) is 8.71. The summed E-state index contributed by atoms with van der Waals surface area (Å²) in [5.41, 5.74) is 1.16. The molecule has 0 radical (unpaired) electrons. The van der Waals surface area contributed by atoms with Gasteiger partial charge in [0.05, 0.1) is 5.52 Å². The summed E-state index contributed by atoms with van der Waals surface area (Å²) in [5.74, 6) is -0.254. The van der Waals surface area contributed by atoms with Gasteiger partial charge in [-0.25, -0.2) is 0 Å². The Labute approximate surface area is 109 Å². The molecule has 1 unspecified atom stereocenters. The maximum atomic E-state index is 12.1. The minimum Gasteiger partial charge on any atom is -0.385 e. The van der Waals surface area contributed by atoms with E-state index >= 15 is 0 Å². The summed E-state index contributed by atoms with van der Waals surface area (Å²) in [4.78, 5) is 17.0. The zero-order valence-electron chi connectivity index (χ0n) is 10.1. The van der Waals surface area contributed by atoms with Crippen LogP contribution >= 0.6 is 11.6 Å². The standard InChI is InChI=1S/C12H12ClN3O2/c1-7(18-14-2)12(17)11-9-6-8(13)4-5-10(9)16(3)15-11/h4-7H,2H2,1,3H3. The molecule has 5 nitrogen and oxygen atoms in total. The van der Waals surface area contributed by atoms with Gasteiger partial charge in [0.25, 0.3) is 0 Å². The van der Waals surface area contributed by atoms with Crippen LogP contribution in [-0.4, -0.2) is 28.4 Å². The molecule has 1 atom stereocenters. The summed E-state index contributed by atoms with van der Waals surface area (Å²) < 4.78 is 1.63. The van der Waals surface area contributed by atoms with Gasteiger partial charge in [0.1, 0.15) is 5.69 Å². The van der Waals surface area contributed by atoms with E-state index in [0.29, 0.717) is 16.1 Å². The lowest BCUT2D eigenvalue weighted by molar-refractivity contribution is 0.0508. The summed E-state index contributed by atoms with van der Waals surface area (Å²) >= 11 is 5.94. The van der Waals surface area contributed by atoms with Crippen LogP contribution in [0.2, 0.25) is 5.02 Å². The molecule has 0 N–H and O–H groups in total. The van der Waals surface area contributed by atoms with Gasteiger partial charge in [-0.05, 0) is 25.1 Å². The van der Waals surface area contributed by atoms with E-state index in [0.717, 1.165) is 5.52 Å². The molecule has 0 aliphatic heterocycles. The Morgan fingerprint density at radius 3 is 3.00 bits per heavy atom. The second-order valence-corrected chi connectivity index (χ2v) is 4.31. The van der Waals surface area contributed by atoms with Crippen molar-refractivity contribution in [3.63, 3.8) is 0 Å². The van der Waals surface area contributed by atoms with E-state index in [2.05, 4.69) is 17.0 Å². The second kappa shape index (κ2) is 4.78. The molecule has 0 saturated carbocycles. The molecule has 18 heavy (non-hydrogen) atoms. The fourth-order valence-corrected chi connectivity index (χ4v) is 1.94. The Hall–Kier alpha value is -1.88. The van der Waals surface area contributed by atoms with Crippen molar-refractivity contribution in [3.8, 4) is 0 Å². The molecule has 1 aromatic carbocycles. The Balaban J connectivity index is 2.54. The molecule has 0 aliphatic carbocycles. The molecule has 0 saturated heterocycles. The predicted molar refractivity (Wildman–Crippen MR) is 70.2 cm³/mol. The third-order valence-corrected chi connectivity index (χ3v) is 2.88. The quantitative estimate of drug-likeness (QED) is 0.485. The van der Waals surface area contributed by atoms with Gasteiger partial charge in [-0.1, -0.05) is 11.6 Å². The predicted octanol–water partition coefficient (Wildman–Crippen LogP) is 2.43. The summed E-state index contributed by atoms with van der Waals surface area (Å²) in [7, 11) is 1.77. The van der Waals surface area contributed by atoms with E-state index in [-0.39, 0.29) is 5.78 Å². The topological polar surface area (TPSA) is 56.5 Å². The highest BCUT2D eigenvalue weighted by atomic mass is 35.5. The molecule has 0 amide bonds. The van der Waals surface area contributed by atoms with Crippen molar-refractivity contribution in [2.45, 2.75) is 13.0 Å². The molecular formula is C12H12ClN3O2. The van der Waals surface area contributed by atoms with Crippen LogP contribution < -0.4 is 0 Å². The maximum Gasteiger partial charge on any atom is 0.226 e. The van der Waals surface area contributed by atoms with Crippen LogP contribution in [0.15, 0.2) is 23.4 Å². The smallest absolute Gasteiger partial charge is 0.226 e. The normalized spacial score (nSPS) is 12.4. The van der Waals surface area contributed by atoms with Crippen LogP contribution in [0.1, 0.15) is 17.4 Å². The fourth-order valence-electron chi connectivity index (χ4n) is 1.77. The minimum absolute atomic E-state index is 0.254. The van der Waals surface area contributed by atoms with Crippen molar-refractivity contribution >= 4 is 35.0 Å². The molecule has 0 bridgehead atoms. The van der Waals surface area contributed by atoms with Gasteiger partial charge < -0.3 is 4.84 Å². The van der Waals surface area contributed by atoms with Gasteiger partial charge in [0.2, 0.25) is 5.78 Å². The van der Waals surface area contributed by atoms with E-state index in [1.807, 2.05) is 6.07 Å². The Bertz CT molecular complexity index is 621. The van der Waals surface area contributed by atoms with Crippen LogP contribution in [0.3, 0.4) is 0 Å². The number of nitrogens with zero attached hydrogens (tertiary/aromatic N) is 3. The van der Waals surface area contributed by atoms with Gasteiger partial charge in [-0.3, -0.25) is 9.48 Å². The van der Waals surface area contributed by atoms with Crippen LogP contribution in [0, 0.1) is 0 Å². The van der Waals surface area contributed by atoms with Crippen LogP contribution in [0.5, 0.6) is 0 Å². The number of aromatic nitrogens is 2. The van der Waals surface area contributed by atoms with E-state index in [1.165, 1.54) is 0 Å². The summed E-state index contributed by atoms with van der Waals surface area (Å²) in [6.45, 7) is 4.79. The monoisotopic (exact) mass is 265 g/mol. The number of hydrogen-bond donors (Lipinski definition) is 0. The number of ketones is 1. The lowest BCUT2D eigenvalue weighted by Crippen LogP contribution is -2.19. The number of halogens is 1. The number of Topliss-reactive ketones (excluding diaryl/α,β-unsaturated/α-hetero) is 1. The maximum absolute atomic E-state index is 12.1. The van der Waals surface area contributed by atoms with E-state index in [4.69, 9.17) is 16.4 Å². The average molecular weight is 266 g/mol. The van der Waals surface area contributed by atoms with Crippen molar-refractivity contribution in [1.82, 2.24) is 9.78 Å². The molecule has 1 heterocycles. The number of carbonyl (C=O) groups excluding carboxylic acids is 1. The van der Waals surface area contributed by atoms with Crippen molar-refractivity contribution in [1.29, 1.82) is 0 Å². The van der Waals surface area contributed by atoms with Gasteiger partial charge in [-0.15, -0.1) is 5.16 Å². The molecule has 0 fully saturated rings. The third-order valence-electron chi connectivity index (χ3n) is 2.65. The van der Waals surface area contributed by atoms with Gasteiger partial charge >= 0.3 is 0 Å². The summed E-state index contributed by atoms with van der Waals surface area (Å²) in [6, 6.07) is 5.29. The average Bonchev–Trinajstić information content (AvgIpc) is 2.65. The van der Waals surface area contributed by atoms with Gasteiger partial charge in [-0.2, -0.15) is 5.10 Å². The van der Waals surface area contributed by atoms with Crippen molar-refractivity contribution in [2.75, 3.05) is 0 Å². The lowest BCUT2D eigenvalue weighted by atomic mass is 10.1. The largest absolute Gasteiger partial charge is 0.385 e. The number of rotatable bonds is 4. The number of hydrogen-bond acceptors (Lipinski definition) is 4. The molecule has 0 spiro atoms. The summed E-state index contributed by atoms with van der Waals surface area (Å²) in [6.07, 6.45) is -0.723. The zero-order chi connectivity index (χ0) is 13.3. The third kappa shape index (κ3) is 2.09. The molecule has 94 valence electrons. The molecule has 0 aliphatic rings. The first kappa shape index (κ1) is 12.6. The first-order chi connectivity index (χ1) is 8.54. The van der Waals surface area contributed by atoms with E-state index < -0.39 is 6.10 Å². The molecule has 1 aromatic heterocycles. The Morgan fingerprint density at radius 1 is 1.61 bits per heavy atom. The lowest BCUT2D eigenvalue weighted by Gasteiger charge is -2.05. The van der Waals surface area contributed by atoms with E-state index in [9.17, 15) is 4.79 Å². The van der Waals surface area contributed by atoms with Crippen molar-refractivity contribution < 1.29 is 9.63 Å². The Kier molecular flexibility index (Phi) is 3.34. The highest BCUT2D eigenvalue weighted by Gasteiger charge is 2.23. The molecule has 6 heteroatoms. The SMILES string of the molecule is C=NOC(C)C(=O)c1nn(C)c2ccc(Cl)cc12. The number of aryl methyl sites for hydroxylation is 1. The second-order valence-electron chi connectivity index (χ2n) is 3.87. The van der Waals surface area contributed by atoms with Crippen molar-refractivity contribution in [3.05, 3.63) is 28.9 Å². The number of carbonyl (C=O) groups is 1. The minimum atomic E-state index is -0.723. The molecular weight excluding hydrogens is 254 g/mol. The Morgan fingerprint density at radius 2 is 2.33 bits per heavy atom. The number of oxime groups is 1. The first-order valence-corrected chi connectivity index (χ1v) is 5.70. The molecule has 2 rings (SSSR count). The molecule has 2 aromatic rings.